The van der Waals surface area contributed by atoms with Gasteiger partial charge in [-0.2, -0.15) is 0 Å². The molecule has 0 aliphatic heterocycles. The van der Waals surface area contributed by atoms with Gasteiger partial charge in [-0.25, -0.2) is 0 Å². The molecule has 0 nitrogen and oxygen atoms in total. The van der Waals surface area contributed by atoms with Crippen LogP contribution < -0.4 is 9.41 Å². The average Bonchev–Trinajstić information content (AvgIpc) is 3.20. The maximum absolute atomic E-state index is 2.51. The van der Waals surface area contributed by atoms with Crippen LogP contribution in [0.2, 0.25) is 0 Å². The topological polar surface area (TPSA) is 0 Å². The third-order valence-electron chi connectivity index (χ3n) is 5.59. The predicted molar refractivity (Wildman–Crippen MR) is 110 cm³/mol. The molecule has 0 bridgehead atoms. The van der Waals surface area contributed by atoms with Gasteiger partial charge in [-0.1, -0.05) is 0 Å². The second kappa shape index (κ2) is 8.52. The molecule has 3 aromatic rings. The number of allylic oxidation sites excluding steroid dienone is 1. The zero-order chi connectivity index (χ0) is 17.7. The van der Waals surface area contributed by atoms with Gasteiger partial charge in [0.05, 0.1) is 0 Å². The zero-order valence-corrected chi connectivity index (χ0v) is 19.2. The molecule has 0 radical (unpaired) electrons. The molecule has 0 aromatic heterocycles. The van der Waals surface area contributed by atoms with Crippen LogP contribution in [0, 0.1) is 0 Å². The second-order valence-corrected chi connectivity index (χ2v) is 13.3. The summed E-state index contributed by atoms with van der Waals surface area (Å²) in [5.41, 5.74) is 9.19. The number of hydrogen-bond acceptors (Lipinski definition) is 0. The smallest absolute Gasteiger partial charge is 1.00 e. The van der Waals surface area contributed by atoms with Gasteiger partial charge in [0.1, 0.15) is 0 Å². The van der Waals surface area contributed by atoms with E-state index in [1.807, 2.05) is 0 Å². The van der Waals surface area contributed by atoms with Gasteiger partial charge in [0.25, 0.3) is 0 Å². The summed E-state index contributed by atoms with van der Waals surface area (Å²) in [5, 5.41) is 1.73. The normalized spacial score (nSPS) is 16.2. The van der Waals surface area contributed by atoms with E-state index in [1.54, 1.807) is 22.0 Å². The fraction of sp³-hybridized carbons (Fsp3) is 0.167. The van der Waals surface area contributed by atoms with E-state index in [0.29, 0.717) is 3.63 Å². The van der Waals surface area contributed by atoms with Crippen molar-refractivity contribution in [1.29, 1.82) is 0 Å². The summed E-state index contributed by atoms with van der Waals surface area (Å²) in [5.74, 6) is 0. The summed E-state index contributed by atoms with van der Waals surface area (Å²) in [6.07, 6.45) is 2.51. The van der Waals surface area contributed by atoms with E-state index < -0.39 is 23.2 Å². The monoisotopic (exact) mass is 468 g/mol. The first kappa shape index (κ1) is 21.3. The molecule has 28 heavy (non-hydrogen) atoms. The number of benzene rings is 3. The molecule has 5 rings (SSSR count). The molecule has 1 atom stereocenters. The first-order valence-electron chi connectivity index (χ1n) is 9.16. The maximum Gasteiger partial charge on any atom is -1.00 e. The molecular weight excluding hydrogens is 448 g/mol. The van der Waals surface area contributed by atoms with Crippen LogP contribution in [-0.2, 0) is 23.2 Å². The largest absolute Gasteiger partial charge is 1.00 e. The summed E-state index contributed by atoms with van der Waals surface area (Å²) in [4.78, 5) is 0. The molecule has 0 spiro atoms. The van der Waals surface area contributed by atoms with Gasteiger partial charge in [-0.15, -0.1) is 0 Å². The average molecular weight is 470 g/mol. The Labute approximate surface area is 178 Å². The summed E-state index contributed by atoms with van der Waals surface area (Å²) < 4.78 is 1.39. The van der Waals surface area contributed by atoms with Crippen LogP contribution in [0.3, 0.4) is 0 Å². The van der Waals surface area contributed by atoms with E-state index in [1.165, 1.54) is 16.7 Å². The number of rotatable bonds is 3. The molecule has 0 N–H and O–H groups in total. The van der Waals surface area contributed by atoms with Crippen molar-refractivity contribution in [1.82, 2.24) is 0 Å². The second-order valence-electron chi connectivity index (χ2n) is 7.30. The SMILES string of the molecule is CP(C)C1=Cc2ccccc2[CH]1[Zr+2][CH]1c2ccccc2-c2ccccc21.[F-].[F-]. The minimum Gasteiger partial charge on any atom is -1.00 e. The van der Waals surface area contributed by atoms with Crippen molar-refractivity contribution in [2.75, 3.05) is 13.3 Å². The van der Waals surface area contributed by atoms with Crippen molar-refractivity contribution >= 4 is 14.0 Å². The summed E-state index contributed by atoms with van der Waals surface area (Å²) in [6, 6.07) is 27.3. The molecule has 1 unspecified atom stereocenters. The van der Waals surface area contributed by atoms with E-state index in [2.05, 4.69) is 92.2 Å². The molecule has 0 saturated carbocycles. The van der Waals surface area contributed by atoms with Gasteiger partial charge in [0, 0.05) is 0 Å². The molecular formula is C24H21F2PZr. The number of hydrogen-bond donors (Lipinski definition) is 0. The van der Waals surface area contributed by atoms with Crippen molar-refractivity contribution in [3.05, 3.63) is 100 Å². The van der Waals surface area contributed by atoms with Crippen molar-refractivity contribution in [2.24, 2.45) is 0 Å². The summed E-state index contributed by atoms with van der Waals surface area (Å²) in [6.45, 7) is 4.85. The van der Waals surface area contributed by atoms with Gasteiger partial charge in [-0.3, -0.25) is 0 Å². The van der Waals surface area contributed by atoms with Crippen LogP contribution in [0.15, 0.2) is 78.1 Å². The zero-order valence-electron chi connectivity index (χ0n) is 15.9. The molecule has 2 aliphatic rings. The van der Waals surface area contributed by atoms with Crippen molar-refractivity contribution < 1.29 is 32.6 Å². The Kier molecular flexibility index (Phi) is 6.48. The van der Waals surface area contributed by atoms with E-state index in [4.69, 9.17) is 0 Å². The van der Waals surface area contributed by atoms with Gasteiger partial charge in [0.2, 0.25) is 0 Å². The standard InChI is InChI=1S/C13H9.C11H12P.2FH.Zr/c1-3-7-12-10(5-1)9-11-6-2-4-8-13(11)12;1-12(2)11-7-9-5-3-4-6-10(9)8-11;;;/h1-9H;3-8H,1-2H3;2*1H;/q;;;;+2/p-2. The van der Waals surface area contributed by atoms with Crippen molar-refractivity contribution in [2.45, 2.75) is 7.25 Å². The Morgan fingerprint density at radius 2 is 1.14 bits per heavy atom. The number of fused-ring (bicyclic) bond motifs is 4. The van der Waals surface area contributed by atoms with Gasteiger partial charge >= 0.3 is 169 Å². The van der Waals surface area contributed by atoms with Crippen LogP contribution >= 0.6 is 7.92 Å². The van der Waals surface area contributed by atoms with E-state index in [9.17, 15) is 0 Å². The Balaban J connectivity index is 0.00000112. The quantitative estimate of drug-likeness (QED) is 0.495. The molecule has 4 heteroatoms. The molecule has 3 aromatic carbocycles. The molecule has 2 aliphatic carbocycles. The molecule has 0 saturated heterocycles. The molecule has 0 fully saturated rings. The van der Waals surface area contributed by atoms with Crippen LogP contribution in [0.4, 0.5) is 0 Å². The minimum atomic E-state index is -0.759. The van der Waals surface area contributed by atoms with Gasteiger partial charge < -0.3 is 9.41 Å². The van der Waals surface area contributed by atoms with Crippen LogP contribution in [0.25, 0.3) is 17.2 Å². The number of halogens is 2. The maximum atomic E-state index is 2.51. The third-order valence-corrected chi connectivity index (χ3v) is 12.3. The molecule has 0 amide bonds. The van der Waals surface area contributed by atoms with Gasteiger partial charge in [-0.05, 0) is 0 Å². The fourth-order valence-corrected chi connectivity index (χ4v) is 12.4. The Hall–Kier alpha value is -1.43. The van der Waals surface area contributed by atoms with Crippen LogP contribution in [0.1, 0.15) is 29.5 Å². The molecule has 140 valence electrons. The van der Waals surface area contributed by atoms with Crippen LogP contribution in [0.5, 0.6) is 0 Å². The Morgan fingerprint density at radius 1 is 0.643 bits per heavy atom. The third kappa shape index (κ3) is 3.38. The molecule has 0 heterocycles. The first-order chi connectivity index (χ1) is 12.7. The first-order valence-corrected chi connectivity index (χ1v) is 14.2. The van der Waals surface area contributed by atoms with Gasteiger partial charge in [0.15, 0.2) is 0 Å². The van der Waals surface area contributed by atoms with E-state index in [0.717, 1.165) is 3.63 Å². The fourth-order valence-electron chi connectivity index (χ4n) is 4.37. The Bertz CT molecular complexity index is 983. The summed E-state index contributed by atoms with van der Waals surface area (Å²) >= 11 is -0.759. The van der Waals surface area contributed by atoms with Crippen molar-refractivity contribution in [3.8, 4) is 11.1 Å². The van der Waals surface area contributed by atoms with Crippen molar-refractivity contribution in [3.63, 3.8) is 0 Å². The minimum absolute atomic E-state index is 0. The predicted octanol–water partition coefficient (Wildman–Crippen LogP) is 0.684. The van der Waals surface area contributed by atoms with Crippen LogP contribution in [-0.4, -0.2) is 13.3 Å². The Morgan fingerprint density at radius 3 is 1.71 bits per heavy atom. The van der Waals surface area contributed by atoms with E-state index in [-0.39, 0.29) is 17.3 Å². The summed E-state index contributed by atoms with van der Waals surface area (Å²) in [7, 11) is -0.0384. The van der Waals surface area contributed by atoms with E-state index >= 15 is 0 Å².